The molecule has 7 heteroatoms. The van der Waals surface area contributed by atoms with Crippen LogP contribution in [0.25, 0.3) is 0 Å². The van der Waals surface area contributed by atoms with Crippen molar-refractivity contribution in [2.24, 2.45) is 9.98 Å². The van der Waals surface area contributed by atoms with Crippen LogP contribution in [0.5, 0.6) is 11.5 Å². The summed E-state index contributed by atoms with van der Waals surface area (Å²) in [7, 11) is 0. The number of aliphatic imine (C=N–C) groups is 2. The maximum atomic E-state index is 9.84. The van der Waals surface area contributed by atoms with Gasteiger partial charge < -0.3 is 20.1 Å². The smallest absolute Gasteiger partial charge is 0.124 e. The van der Waals surface area contributed by atoms with Crippen molar-refractivity contribution >= 4 is 18.4 Å². The van der Waals surface area contributed by atoms with Crippen LogP contribution < -0.4 is 5.11 Å². The molecule has 3 rings (SSSR count). The van der Waals surface area contributed by atoms with Gasteiger partial charge >= 0.3 is 0 Å². The molecule has 1 fully saturated rings. The number of rotatable bonds is 4. The topological polar surface area (TPSA) is 105 Å². The first kappa shape index (κ1) is 24.4. The van der Waals surface area contributed by atoms with Gasteiger partial charge in [-0.2, -0.15) is 0 Å². The van der Waals surface area contributed by atoms with Gasteiger partial charge in [-0.3, -0.25) is 9.98 Å². The molecule has 0 spiro atoms. The first-order valence-corrected chi connectivity index (χ1v) is 9.27. The van der Waals surface area contributed by atoms with Crippen molar-refractivity contribution in [2.75, 3.05) is 0 Å². The Balaban J connectivity index is 0.000000771. The second-order valence-corrected chi connectivity index (χ2v) is 6.58. The van der Waals surface area contributed by atoms with E-state index in [1.54, 1.807) is 36.7 Å². The first-order valence-electron chi connectivity index (χ1n) is 9.27. The number of aliphatic carboxylic acids is 1. The van der Waals surface area contributed by atoms with Gasteiger partial charge in [0.2, 0.25) is 0 Å². The van der Waals surface area contributed by atoms with E-state index >= 15 is 0 Å². The summed E-state index contributed by atoms with van der Waals surface area (Å²) >= 11 is 0. The van der Waals surface area contributed by atoms with Crippen LogP contribution in [0.3, 0.4) is 0 Å². The second kappa shape index (κ2) is 12.7. The number of carboxylic acids is 1. The quantitative estimate of drug-likeness (QED) is 0.713. The molecule has 0 aliphatic heterocycles. The van der Waals surface area contributed by atoms with Crippen LogP contribution in [0.1, 0.15) is 43.7 Å². The first-order chi connectivity index (χ1) is 13.5. The third kappa shape index (κ3) is 8.49. The summed E-state index contributed by atoms with van der Waals surface area (Å²) in [6.07, 6.45) is 7.76. The fraction of sp³-hybridized carbons (Fsp3) is 0.318. The van der Waals surface area contributed by atoms with Crippen molar-refractivity contribution in [3.8, 4) is 11.5 Å². The van der Waals surface area contributed by atoms with Crippen LogP contribution in [-0.4, -0.2) is 40.7 Å². The van der Waals surface area contributed by atoms with Crippen molar-refractivity contribution in [1.29, 1.82) is 0 Å². The Morgan fingerprint density at radius 2 is 1.24 bits per heavy atom. The monoisotopic (exact) mass is 440 g/mol. The van der Waals surface area contributed by atoms with Gasteiger partial charge in [-0.05, 0) is 44.0 Å². The number of hydrogen-bond acceptors (Lipinski definition) is 6. The van der Waals surface area contributed by atoms with Crippen molar-refractivity contribution in [2.45, 2.75) is 44.7 Å². The van der Waals surface area contributed by atoms with Gasteiger partial charge in [0.15, 0.2) is 0 Å². The molecule has 0 aromatic heterocycles. The van der Waals surface area contributed by atoms with Crippen LogP contribution in [-0.2, 0) is 21.6 Å². The molecular weight excluding hydrogens is 415 g/mol. The Kier molecular flexibility index (Phi) is 10.7. The number of phenolic OH excluding ortho intramolecular Hbond substituents is 2. The predicted molar refractivity (Wildman–Crippen MR) is 108 cm³/mol. The van der Waals surface area contributed by atoms with Crippen LogP contribution >= 0.6 is 0 Å². The standard InChI is InChI=1S/C20H22N2O2.C2H4O2.Co/c23-19-11-5-1-7-15(19)13-21-17-9-3-4-10-18(17)22-14-16-8-2-6-12-20(16)24;1-2(3)4;/h1-2,5-8,11-14,17-18,23-24H,3-4,9-10H2;1H3,(H,3,4);/p-1/t17-,18-;;/m1../s1. The van der Waals surface area contributed by atoms with E-state index in [-0.39, 0.29) is 40.4 Å². The number of aromatic hydroxyl groups is 2. The van der Waals surface area contributed by atoms with Gasteiger partial charge in [0.25, 0.3) is 0 Å². The van der Waals surface area contributed by atoms with E-state index in [1.165, 1.54) is 0 Å². The van der Waals surface area contributed by atoms with E-state index in [4.69, 9.17) is 9.90 Å². The summed E-state index contributed by atoms with van der Waals surface area (Å²) < 4.78 is 0. The van der Waals surface area contributed by atoms with Crippen molar-refractivity contribution in [1.82, 2.24) is 0 Å². The minimum Gasteiger partial charge on any atom is -0.550 e. The summed E-state index contributed by atoms with van der Waals surface area (Å²) in [5.41, 5.74) is 1.46. The second-order valence-electron chi connectivity index (χ2n) is 6.58. The number of carboxylic acid groups (broad SMARTS) is 1. The van der Waals surface area contributed by atoms with E-state index < -0.39 is 5.97 Å². The molecule has 0 amide bonds. The Morgan fingerprint density at radius 3 is 1.59 bits per heavy atom. The van der Waals surface area contributed by atoms with Crippen LogP contribution in [0.15, 0.2) is 58.5 Å². The molecule has 0 heterocycles. The maximum Gasteiger partial charge on any atom is 0.124 e. The molecule has 0 bridgehead atoms. The molecule has 157 valence electrons. The SMILES string of the molecule is CC(=O)[O-].Oc1ccccc1C=N[C@@H]1CCCC[C@H]1N=Cc1ccccc1O.[Co]. The zero-order valence-electron chi connectivity index (χ0n) is 16.2. The summed E-state index contributed by atoms with van der Waals surface area (Å²) in [6.45, 7) is 0.972. The molecule has 2 aromatic rings. The number of hydrogen-bond donors (Lipinski definition) is 2. The van der Waals surface area contributed by atoms with Gasteiger partial charge in [0.05, 0.1) is 12.1 Å². The number of carbonyl (C=O) groups excluding carboxylic acids is 1. The molecule has 1 aliphatic rings. The largest absolute Gasteiger partial charge is 0.550 e. The van der Waals surface area contributed by atoms with E-state index in [9.17, 15) is 10.2 Å². The molecule has 1 aliphatic carbocycles. The summed E-state index contributed by atoms with van der Waals surface area (Å²) in [4.78, 5) is 18.2. The molecule has 1 radical (unpaired) electrons. The fourth-order valence-electron chi connectivity index (χ4n) is 2.98. The number of phenols is 2. The minimum atomic E-state index is -1.08. The van der Waals surface area contributed by atoms with Crippen LogP contribution in [0.2, 0.25) is 0 Å². The molecule has 2 aromatic carbocycles. The van der Waals surface area contributed by atoms with E-state index in [0.717, 1.165) is 43.7 Å². The van der Waals surface area contributed by atoms with Crippen LogP contribution in [0, 0.1) is 0 Å². The van der Waals surface area contributed by atoms with Gasteiger partial charge in [0, 0.05) is 46.3 Å². The number of benzene rings is 2. The Morgan fingerprint density at radius 1 is 0.897 bits per heavy atom. The number of carbonyl (C=O) groups is 1. The molecular formula is C22H25CoN2O4-. The Hall–Kier alpha value is -2.64. The minimum absolute atomic E-state index is 0. The van der Waals surface area contributed by atoms with Gasteiger partial charge in [-0.25, -0.2) is 0 Å². The van der Waals surface area contributed by atoms with Crippen LogP contribution in [0.4, 0.5) is 0 Å². The average Bonchev–Trinajstić information content (AvgIpc) is 2.67. The van der Waals surface area contributed by atoms with Crippen molar-refractivity contribution in [3.05, 3.63) is 59.7 Å². The van der Waals surface area contributed by atoms with Gasteiger partial charge in [-0.1, -0.05) is 37.1 Å². The van der Waals surface area contributed by atoms with Crippen molar-refractivity contribution in [3.63, 3.8) is 0 Å². The molecule has 2 atom stereocenters. The predicted octanol–water partition coefficient (Wildman–Crippen LogP) is 2.70. The Bertz CT molecular complexity index is 772. The fourth-order valence-corrected chi connectivity index (χ4v) is 2.98. The molecule has 2 N–H and O–H groups in total. The Labute approximate surface area is 181 Å². The molecule has 0 saturated heterocycles. The molecule has 1 saturated carbocycles. The summed E-state index contributed by atoms with van der Waals surface area (Å²) in [5.74, 6) is -0.599. The average molecular weight is 440 g/mol. The molecule has 6 nitrogen and oxygen atoms in total. The molecule has 0 unspecified atom stereocenters. The van der Waals surface area contributed by atoms with E-state index in [0.29, 0.717) is 0 Å². The van der Waals surface area contributed by atoms with Gasteiger partial charge in [-0.15, -0.1) is 0 Å². The maximum absolute atomic E-state index is 9.84. The molecule has 29 heavy (non-hydrogen) atoms. The third-order valence-corrected chi connectivity index (χ3v) is 4.38. The number of para-hydroxylation sites is 2. The van der Waals surface area contributed by atoms with Gasteiger partial charge in [0.1, 0.15) is 11.5 Å². The normalized spacial score (nSPS) is 18.7. The zero-order chi connectivity index (χ0) is 20.4. The third-order valence-electron chi connectivity index (χ3n) is 4.38. The van der Waals surface area contributed by atoms with E-state index in [1.807, 2.05) is 24.3 Å². The van der Waals surface area contributed by atoms with E-state index in [2.05, 4.69) is 9.98 Å². The summed E-state index contributed by atoms with van der Waals surface area (Å²) in [6, 6.07) is 14.6. The van der Waals surface area contributed by atoms with Crippen molar-refractivity contribution < 1.29 is 36.9 Å². The zero-order valence-corrected chi connectivity index (χ0v) is 17.2. The number of nitrogens with zero attached hydrogens (tertiary/aromatic N) is 2. The summed E-state index contributed by atoms with van der Waals surface area (Å²) in [5, 5.41) is 28.6.